The van der Waals surface area contributed by atoms with E-state index >= 15 is 0 Å². The number of halogens is 1. The Balaban J connectivity index is 1.27. The highest BCUT2D eigenvalue weighted by Gasteiger charge is 2.30. The zero-order chi connectivity index (χ0) is 32.8. The van der Waals surface area contributed by atoms with E-state index in [0.29, 0.717) is 43.4 Å². The van der Waals surface area contributed by atoms with Gasteiger partial charge in [-0.1, -0.05) is 29.8 Å². The van der Waals surface area contributed by atoms with Gasteiger partial charge in [0.2, 0.25) is 21.8 Å². The Morgan fingerprint density at radius 1 is 1.02 bits per heavy atom. The molecule has 2 N–H and O–H groups in total. The first-order chi connectivity index (χ1) is 21.2. The number of aliphatic hydroxyl groups is 1. The van der Waals surface area contributed by atoms with E-state index in [0.717, 1.165) is 62.1 Å². The van der Waals surface area contributed by atoms with Gasteiger partial charge in [-0.2, -0.15) is 0 Å². The van der Waals surface area contributed by atoms with E-state index in [9.17, 15) is 23.1 Å². The Bertz CT molecular complexity index is 1410. The molecule has 4 rings (SSSR count). The third kappa shape index (κ3) is 10.2. The van der Waals surface area contributed by atoms with Crippen LogP contribution in [0.4, 0.5) is 5.69 Å². The van der Waals surface area contributed by atoms with Crippen molar-refractivity contribution in [1.29, 1.82) is 0 Å². The Kier molecular flexibility index (Phi) is 12.1. The quantitative estimate of drug-likeness (QED) is 0.344. The Hall–Kier alpha value is -2.50. The molecule has 2 aromatic rings. The number of carbonyl (C=O) groups excluding carboxylic acids is 2. The summed E-state index contributed by atoms with van der Waals surface area (Å²) in [7, 11) is -3.67. The molecule has 0 bridgehead atoms. The maximum Gasteiger partial charge on any atom is 0.240 e. The van der Waals surface area contributed by atoms with Gasteiger partial charge in [-0.3, -0.25) is 9.59 Å². The van der Waals surface area contributed by atoms with Gasteiger partial charge in [-0.25, -0.2) is 13.1 Å². The van der Waals surface area contributed by atoms with Crippen molar-refractivity contribution in [1.82, 2.24) is 14.5 Å². The molecule has 2 aliphatic rings. The molecule has 0 saturated carbocycles. The van der Waals surface area contributed by atoms with E-state index < -0.39 is 15.6 Å². The van der Waals surface area contributed by atoms with Crippen molar-refractivity contribution in [2.45, 2.75) is 76.7 Å². The topological polar surface area (TPSA) is 110 Å². The number of likely N-dealkylation sites (tertiary alicyclic amines) is 2. The molecule has 45 heavy (non-hydrogen) atoms. The number of rotatable bonds is 12. The lowest BCUT2D eigenvalue weighted by molar-refractivity contribution is -0.133. The number of sulfonamides is 1. The zero-order valence-corrected chi connectivity index (χ0v) is 28.7. The summed E-state index contributed by atoms with van der Waals surface area (Å²) < 4.78 is 27.5. The van der Waals surface area contributed by atoms with Crippen LogP contribution in [-0.2, 0) is 26.0 Å². The highest BCUT2D eigenvalue weighted by Crippen LogP contribution is 2.28. The first-order valence-corrected chi connectivity index (χ1v) is 17.9. The van der Waals surface area contributed by atoms with Crippen molar-refractivity contribution in [2.75, 3.05) is 50.7 Å². The number of aryl methyl sites for hydroxylation is 1. The molecule has 0 spiro atoms. The maximum atomic E-state index is 13.7. The van der Waals surface area contributed by atoms with Crippen LogP contribution in [0.15, 0.2) is 47.4 Å². The van der Waals surface area contributed by atoms with Gasteiger partial charge in [0.05, 0.1) is 10.5 Å². The monoisotopic (exact) mass is 660 g/mol. The SMILES string of the molecule is CC(=O)N1CCC(C(=O)N(CCCN2CCC(Cc3ccc(S(=O)(=O)NCC(C)(C)O)cc3)CC2)c2ccc(C)c(Cl)c2)CC1. The normalized spacial score (nSPS) is 17.4. The second kappa shape index (κ2) is 15.4. The molecule has 248 valence electrons. The van der Waals surface area contributed by atoms with Crippen LogP contribution in [0.25, 0.3) is 0 Å². The fourth-order valence-corrected chi connectivity index (χ4v) is 7.52. The molecule has 11 heteroatoms. The van der Waals surface area contributed by atoms with Crippen molar-refractivity contribution in [2.24, 2.45) is 11.8 Å². The van der Waals surface area contributed by atoms with E-state index in [1.165, 1.54) is 0 Å². The van der Waals surface area contributed by atoms with Crippen LogP contribution in [0.5, 0.6) is 0 Å². The highest BCUT2D eigenvalue weighted by atomic mass is 35.5. The highest BCUT2D eigenvalue weighted by molar-refractivity contribution is 7.89. The fourth-order valence-electron chi connectivity index (χ4n) is 6.14. The lowest BCUT2D eigenvalue weighted by atomic mass is 9.90. The minimum absolute atomic E-state index is 0.0497. The molecule has 2 aromatic carbocycles. The van der Waals surface area contributed by atoms with Crippen molar-refractivity contribution in [3.05, 3.63) is 58.6 Å². The van der Waals surface area contributed by atoms with Crippen LogP contribution in [-0.4, -0.2) is 86.6 Å². The zero-order valence-electron chi connectivity index (χ0n) is 27.1. The Morgan fingerprint density at radius 2 is 1.67 bits per heavy atom. The molecular formula is C34H49ClN4O5S. The first-order valence-electron chi connectivity index (χ1n) is 16.1. The van der Waals surface area contributed by atoms with Crippen LogP contribution in [0.1, 0.15) is 64.0 Å². The summed E-state index contributed by atoms with van der Waals surface area (Å²) >= 11 is 6.46. The lowest BCUT2D eigenvalue weighted by Gasteiger charge is -2.35. The van der Waals surface area contributed by atoms with Crippen LogP contribution in [0, 0.1) is 18.8 Å². The van der Waals surface area contributed by atoms with Crippen LogP contribution in [0.3, 0.4) is 0 Å². The third-order valence-electron chi connectivity index (χ3n) is 9.04. The number of amides is 2. The van der Waals surface area contributed by atoms with Gasteiger partial charge in [0.25, 0.3) is 0 Å². The molecule has 2 aliphatic heterocycles. The Morgan fingerprint density at radius 3 is 2.24 bits per heavy atom. The summed E-state index contributed by atoms with van der Waals surface area (Å²) in [4.78, 5) is 31.9. The summed E-state index contributed by atoms with van der Waals surface area (Å²) in [5, 5.41) is 10.5. The van der Waals surface area contributed by atoms with Gasteiger partial charge in [-0.05, 0) is 120 Å². The van der Waals surface area contributed by atoms with E-state index in [2.05, 4.69) is 9.62 Å². The van der Waals surface area contributed by atoms with Gasteiger partial charge >= 0.3 is 0 Å². The first kappa shape index (κ1) is 35.4. The average molecular weight is 661 g/mol. The molecule has 2 heterocycles. The standard InChI is InChI=1S/C34H49ClN4O5S/c1-25-6-9-30(23-32(25)35)39(33(41)29-14-20-38(21-15-29)26(2)40)17-5-16-37-18-12-28(13-19-37)22-27-7-10-31(11-8-27)45(43,44)36-24-34(3,4)42/h6-11,23,28-29,36,42H,5,12-22,24H2,1-4H3. The molecule has 2 fully saturated rings. The predicted octanol–water partition coefficient (Wildman–Crippen LogP) is 4.63. The number of hydrogen-bond acceptors (Lipinski definition) is 6. The molecular weight excluding hydrogens is 612 g/mol. The van der Waals surface area contributed by atoms with Gasteiger partial charge < -0.3 is 19.8 Å². The number of anilines is 1. The molecule has 0 aromatic heterocycles. The number of carbonyl (C=O) groups is 2. The predicted molar refractivity (Wildman–Crippen MR) is 179 cm³/mol. The third-order valence-corrected chi connectivity index (χ3v) is 10.9. The van der Waals surface area contributed by atoms with Gasteiger partial charge in [0.15, 0.2) is 0 Å². The van der Waals surface area contributed by atoms with E-state index in [1.807, 2.05) is 47.1 Å². The van der Waals surface area contributed by atoms with Crippen LogP contribution in [0.2, 0.25) is 5.02 Å². The average Bonchev–Trinajstić information content (AvgIpc) is 3.00. The minimum atomic E-state index is -3.67. The van der Waals surface area contributed by atoms with Crippen LogP contribution < -0.4 is 9.62 Å². The van der Waals surface area contributed by atoms with Gasteiger partial charge in [0.1, 0.15) is 0 Å². The van der Waals surface area contributed by atoms with Gasteiger partial charge in [0, 0.05) is 49.7 Å². The summed E-state index contributed by atoms with van der Waals surface area (Å²) in [6.45, 7) is 11.4. The number of nitrogens with zero attached hydrogens (tertiary/aromatic N) is 3. The van der Waals surface area contributed by atoms with Crippen molar-refractivity contribution < 1.29 is 23.1 Å². The molecule has 2 saturated heterocycles. The summed E-state index contributed by atoms with van der Waals surface area (Å²) in [5.41, 5.74) is 1.81. The summed E-state index contributed by atoms with van der Waals surface area (Å²) in [6, 6.07) is 12.9. The number of hydrogen-bond donors (Lipinski definition) is 2. The Labute approximate surface area is 274 Å². The number of benzene rings is 2. The lowest BCUT2D eigenvalue weighted by Crippen LogP contribution is -2.45. The molecule has 0 aliphatic carbocycles. The molecule has 0 atom stereocenters. The summed E-state index contributed by atoms with van der Waals surface area (Å²) in [6.07, 6.45) is 5.26. The van der Waals surface area contributed by atoms with Gasteiger partial charge in [-0.15, -0.1) is 0 Å². The molecule has 0 radical (unpaired) electrons. The summed E-state index contributed by atoms with van der Waals surface area (Å²) in [5.74, 6) is 0.608. The van der Waals surface area contributed by atoms with E-state index in [-0.39, 0.29) is 29.2 Å². The van der Waals surface area contributed by atoms with Crippen molar-refractivity contribution in [3.63, 3.8) is 0 Å². The minimum Gasteiger partial charge on any atom is -0.389 e. The molecule has 2 amide bonds. The largest absolute Gasteiger partial charge is 0.389 e. The van der Waals surface area contributed by atoms with E-state index in [4.69, 9.17) is 11.6 Å². The fraction of sp³-hybridized carbons (Fsp3) is 0.588. The number of nitrogens with one attached hydrogen (secondary N) is 1. The maximum absolute atomic E-state index is 13.7. The number of piperidine rings is 2. The van der Waals surface area contributed by atoms with Crippen molar-refractivity contribution >= 4 is 39.1 Å². The second-order valence-corrected chi connectivity index (χ2v) is 15.5. The molecule has 0 unspecified atom stereocenters. The smallest absolute Gasteiger partial charge is 0.240 e. The van der Waals surface area contributed by atoms with E-state index in [1.54, 1.807) is 32.9 Å². The van der Waals surface area contributed by atoms with Crippen LogP contribution >= 0.6 is 11.6 Å². The molecule has 9 nitrogen and oxygen atoms in total. The second-order valence-electron chi connectivity index (χ2n) is 13.3. The van der Waals surface area contributed by atoms with Crippen molar-refractivity contribution in [3.8, 4) is 0 Å².